The summed E-state index contributed by atoms with van der Waals surface area (Å²) in [6.45, 7) is 5.81. The van der Waals surface area contributed by atoms with Crippen LogP contribution in [0, 0.1) is 6.92 Å². The van der Waals surface area contributed by atoms with Crippen molar-refractivity contribution in [3.63, 3.8) is 0 Å². The molecule has 0 radical (unpaired) electrons. The van der Waals surface area contributed by atoms with Crippen molar-refractivity contribution in [1.82, 2.24) is 0 Å². The lowest BCUT2D eigenvalue weighted by Gasteiger charge is -2.25. The molecule has 5 nitrogen and oxygen atoms in total. The topological polar surface area (TPSA) is 56.8 Å². The summed E-state index contributed by atoms with van der Waals surface area (Å²) >= 11 is 0. The van der Waals surface area contributed by atoms with Crippen molar-refractivity contribution in [3.05, 3.63) is 47.5 Å². The number of carbonyl (C=O) groups excluding carboxylic acids is 1. The van der Waals surface area contributed by atoms with Gasteiger partial charge >= 0.3 is 0 Å². The van der Waals surface area contributed by atoms with Crippen LogP contribution in [0.25, 0.3) is 0 Å². The first-order valence-electron chi connectivity index (χ1n) is 8.02. The van der Waals surface area contributed by atoms with Crippen LogP contribution in [0.1, 0.15) is 25.0 Å². The number of ether oxygens (including phenoxy) is 3. The van der Waals surface area contributed by atoms with Crippen molar-refractivity contribution >= 4 is 11.6 Å². The van der Waals surface area contributed by atoms with E-state index in [0.29, 0.717) is 22.9 Å². The highest BCUT2D eigenvalue weighted by Crippen LogP contribution is 2.40. The van der Waals surface area contributed by atoms with Gasteiger partial charge in [0.2, 0.25) is 11.7 Å². The number of anilines is 1. The molecule has 0 aliphatic carbocycles. The maximum Gasteiger partial charge on any atom is 0.234 e. The molecular formula is C20H25NO4. The normalized spacial score (nSPS) is 11.0. The number of aryl methyl sites for hydroxylation is 1. The van der Waals surface area contributed by atoms with E-state index in [9.17, 15) is 4.79 Å². The average molecular weight is 343 g/mol. The van der Waals surface area contributed by atoms with E-state index in [-0.39, 0.29) is 5.91 Å². The Morgan fingerprint density at radius 3 is 1.88 bits per heavy atom. The largest absolute Gasteiger partial charge is 0.493 e. The molecule has 0 spiro atoms. The minimum atomic E-state index is -0.686. The van der Waals surface area contributed by atoms with Gasteiger partial charge in [0.1, 0.15) is 0 Å². The number of rotatable bonds is 6. The van der Waals surface area contributed by atoms with Gasteiger partial charge in [-0.25, -0.2) is 0 Å². The van der Waals surface area contributed by atoms with E-state index >= 15 is 0 Å². The van der Waals surface area contributed by atoms with Gasteiger partial charge in [0.15, 0.2) is 11.5 Å². The van der Waals surface area contributed by atoms with Crippen LogP contribution in [0.5, 0.6) is 17.2 Å². The molecule has 0 unspecified atom stereocenters. The van der Waals surface area contributed by atoms with Crippen LogP contribution in [0.4, 0.5) is 5.69 Å². The summed E-state index contributed by atoms with van der Waals surface area (Å²) in [5, 5.41) is 2.94. The molecule has 1 N–H and O–H groups in total. The fourth-order valence-electron chi connectivity index (χ4n) is 2.54. The predicted octanol–water partition coefficient (Wildman–Crippen LogP) is 3.94. The number of benzene rings is 2. The van der Waals surface area contributed by atoms with Gasteiger partial charge in [0.25, 0.3) is 0 Å². The van der Waals surface area contributed by atoms with E-state index in [1.807, 2.05) is 45.0 Å². The highest BCUT2D eigenvalue weighted by molar-refractivity contribution is 5.99. The molecule has 0 aliphatic rings. The molecule has 25 heavy (non-hydrogen) atoms. The van der Waals surface area contributed by atoms with Gasteiger partial charge in [-0.05, 0) is 26.3 Å². The van der Waals surface area contributed by atoms with Crippen molar-refractivity contribution in [2.75, 3.05) is 26.6 Å². The zero-order chi connectivity index (χ0) is 18.6. The second kappa shape index (κ2) is 7.47. The Bertz CT molecular complexity index is 726. The van der Waals surface area contributed by atoms with E-state index in [4.69, 9.17) is 14.2 Å². The third-order valence-electron chi connectivity index (χ3n) is 4.26. The summed E-state index contributed by atoms with van der Waals surface area (Å²) in [4.78, 5) is 12.8. The van der Waals surface area contributed by atoms with Crippen LogP contribution in [-0.2, 0) is 10.2 Å². The van der Waals surface area contributed by atoms with Gasteiger partial charge in [0, 0.05) is 17.8 Å². The molecule has 0 aliphatic heterocycles. The van der Waals surface area contributed by atoms with Crippen LogP contribution < -0.4 is 19.5 Å². The molecular weight excluding hydrogens is 318 g/mol. The number of carbonyl (C=O) groups is 1. The quantitative estimate of drug-likeness (QED) is 0.863. The van der Waals surface area contributed by atoms with Gasteiger partial charge < -0.3 is 19.5 Å². The van der Waals surface area contributed by atoms with Gasteiger partial charge in [-0.2, -0.15) is 0 Å². The lowest BCUT2D eigenvalue weighted by atomic mass is 9.83. The third-order valence-corrected chi connectivity index (χ3v) is 4.26. The highest BCUT2D eigenvalue weighted by atomic mass is 16.5. The fourth-order valence-corrected chi connectivity index (χ4v) is 2.54. The monoisotopic (exact) mass is 343 g/mol. The predicted molar refractivity (Wildman–Crippen MR) is 98.9 cm³/mol. The van der Waals surface area contributed by atoms with Gasteiger partial charge in [0.05, 0.1) is 26.7 Å². The first kappa shape index (κ1) is 18.6. The molecule has 1 amide bonds. The second-order valence-corrected chi connectivity index (χ2v) is 6.36. The Kier molecular flexibility index (Phi) is 5.57. The fraction of sp³-hybridized carbons (Fsp3) is 0.350. The minimum Gasteiger partial charge on any atom is -0.493 e. The summed E-state index contributed by atoms with van der Waals surface area (Å²) < 4.78 is 16.0. The number of amides is 1. The molecule has 0 aromatic heterocycles. The lowest BCUT2D eigenvalue weighted by molar-refractivity contribution is -0.120. The average Bonchev–Trinajstić information content (AvgIpc) is 2.61. The van der Waals surface area contributed by atoms with Crippen molar-refractivity contribution in [2.24, 2.45) is 0 Å². The third kappa shape index (κ3) is 3.87. The molecule has 2 aromatic rings. The Balaban J connectivity index is 2.32. The molecule has 134 valence electrons. The van der Waals surface area contributed by atoms with Crippen LogP contribution in [0.15, 0.2) is 36.4 Å². The zero-order valence-electron chi connectivity index (χ0n) is 15.6. The van der Waals surface area contributed by atoms with Crippen molar-refractivity contribution < 1.29 is 19.0 Å². The Hall–Kier alpha value is -2.69. The first-order chi connectivity index (χ1) is 11.8. The summed E-state index contributed by atoms with van der Waals surface area (Å²) in [5.74, 6) is 1.35. The summed E-state index contributed by atoms with van der Waals surface area (Å²) in [6, 6.07) is 11.4. The molecule has 0 bridgehead atoms. The Morgan fingerprint density at radius 2 is 1.44 bits per heavy atom. The van der Waals surface area contributed by atoms with Gasteiger partial charge in [-0.3, -0.25) is 4.79 Å². The van der Waals surface area contributed by atoms with Gasteiger partial charge in [-0.1, -0.05) is 29.8 Å². The van der Waals surface area contributed by atoms with E-state index in [1.165, 1.54) is 0 Å². The first-order valence-corrected chi connectivity index (χ1v) is 8.02. The molecule has 2 rings (SSSR count). The van der Waals surface area contributed by atoms with Crippen molar-refractivity contribution in [1.29, 1.82) is 0 Å². The van der Waals surface area contributed by atoms with Crippen molar-refractivity contribution in [3.8, 4) is 17.2 Å². The highest BCUT2D eigenvalue weighted by Gasteiger charge is 2.30. The Labute approximate surface area is 148 Å². The summed E-state index contributed by atoms with van der Waals surface area (Å²) in [6.07, 6.45) is 0. The number of methoxy groups -OCH3 is 3. The molecule has 2 aromatic carbocycles. The minimum absolute atomic E-state index is 0.120. The smallest absolute Gasteiger partial charge is 0.234 e. The van der Waals surface area contributed by atoms with Crippen LogP contribution in [0.3, 0.4) is 0 Å². The van der Waals surface area contributed by atoms with E-state index in [1.54, 1.807) is 33.5 Å². The lowest BCUT2D eigenvalue weighted by Crippen LogP contribution is -2.34. The van der Waals surface area contributed by atoms with E-state index in [2.05, 4.69) is 5.32 Å². The molecule has 0 saturated carbocycles. The van der Waals surface area contributed by atoms with Crippen LogP contribution in [-0.4, -0.2) is 27.2 Å². The van der Waals surface area contributed by atoms with Crippen molar-refractivity contribution in [2.45, 2.75) is 26.2 Å². The molecule has 0 heterocycles. The van der Waals surface area contributed by atoms with E-state index in [0.717, 1.165) is 11.1 Å². The van der Waals surface area contributed by atoms with Crippen LogP contribution >= 0.6 is 0 Å². The SMILES string of the molecule is COc1cc(NC(=O)C(C)(C)c2ccc(C)cc2)cc(OC)c1OC. The molecule has 0 saturated heterocycles. The second-order valence-electron chi connectivity index (χ2n) is 6.36. The molecule has 5 heteroatoms. The summed E-state index contributed by atoms with van der Waals surface area (Å²) in [5.41, 5.74) is 2.00. The van der Waals surface area contributed by atoms with Crippen LogP contribution in [0.2, 0.25) is 0 Å². The number of hydrogen-bond donors (Lipinski definition) is 1. The summed E-state index contributed by atoms with van der Waals surface area (Å²) in [7, 11) is 4.62. The standard InChI is InChI=1S/C20H25NO4/c1-13-7-9-14(10-8-13)20(2,3)19(22)21-15-11-16(23-4)18(25-6)17(12-15)24-5/h7-12H,1-6H3,(H,21,22). The Morgan fingerprint density at radius 1 is 0.920 bits per heavy atom. The maximum absolute atomic E-state index is 12.8. The zero-order valence-corrected chi connectivity index (χ0v) is 15.6. The van der Waals surface area contributed by atoms with Gasteiger partial charge in [-0.15, -0.1) is 0 Å². The maximum atomic E-state index is 12.8. The molecule has 0 fully saturated rings. The number of nitrogens with one attached hydrogen (secondary N) is 1. The number of hydrogen-bond acceptors (Lipinski definition) is 4. The molecule has 0 atom stereocenters. The van der Waals surface area contributed by atoms with E-state index < -0.39 is 5.41 Å².